The van der Waals surface area contributed by atoms with Gasteiger partial charge in [-0.15, -0.1) is 0 Å². The molecule has 0 amide bonds. The maximum absolute atomic E-state index is 6.29. The first-order valence-corrected chi connectivity index (χ1v) is 6.01. The second-order valence-corrected chi connectivity index (χ2v) is 4.61. The Labute approximate surface area is 102 Å². The van der Waals surface area contributed by atoms with Crippen molar-refractivity contribution in [3.8, 4) is 0 Å². The highest BCUT2D eigenvalue weighted by atomic mass is 35.5. The average molecular weight is 237 g/mol. The van der Waals surface area contributed by atoms with Crippen LogP contribution in [-0.2, 0) is 0 Å². The maximum Gasteiger partial charge on any atom is 0.0643 e. The summed E-state index contributed by atoms with van der Waals surface area (Å²) in [4.78, 5) is 2.29. The fourth-order valence-corrected chi connectivity index (χ4v) is 2.23. The SMILES string of the molecule is C[C@@H](N)c1ccc(N2CC=CCC2)c(Cl)c1. The van der Waals surface area contributed by atoms with Crippen molar-refractivity contribution >= 4 is 17.3 Å². The molecule has 3 heteroatoms. The Hall–Kier alpha value is -0.990. The van der Waals surface area contributed by atoms with Crippen LogP contribution in [0.25, 0.3) is 0 Å². The highest BCUT2D eigenvalue weighted by Crippen LogP contribution is 2.29. The van der Waals surface area contributed by atoms with Crippen LogP contribution in [0.5, 0.6) is 0 Å². The summed E-state index contributed by atoms with van der Waals surface area (Å²) in [7, 11) is 0. The van der Waals surface area contributed by atoms with Gasteiger partial charge in [-0.1, -0.05) is 29.8 Å². The number of rotatable bonds is 2. The van der Waals surface area contributed by atoms with E-state index < -0.39 is 0 Å². The van der Waals surface area contributed by atoms with Crippen LogP contribution >= 0.6 is 11.6 Å². The molecule has 0 fully saturated rings. The molecule has 16 heavy (non-hydrogen) atoms. The third kappa shape index (κ3) is 2.39. The summed E-state index contributed by atoms with van der Waals surface area (Å²) in [6.07, 6.45) is 5.48. The van der Waals surface area contributed by atoms with E-state index in [9.17, 15) is 0 Å². The number of anilines is 1. The van der Waals surface area contributed by atoms with E-state index in [-0.39, 0.29) is 6.04 Å². The molecule has 2 nitrogen and oxygen atoms in total. The van der Waals surface area contributed by atoms with Crippen molar-refractivity contribution in [2.75, 3.05) is 18.0 Å². The first kappa shape index (κ1) is 11.5. The molecule has 0 saturated heterocycles. The van der Waals surface area contributed by atoms with Crippen LogP contribution in [0.2, 0.25) is 5.02 Å². The number of benzene rings is 1. The number of nitrogens with zero attached hydrogens (tertiary/aromatic N) is 1. The Morgan fingerprint density at radius 3 is 2.75 bits per heavy atom. The van der Waals surface area contributed by atoms with Gasteiger partial charge in [-0.25, -0.2) is 0 Å². The van der Waals surface area contributed by atoms with Gasteiger partial charge in [0.1, 0.15) is 0 Å². The minimum atomic E-state index is 0.0350. The van der Waals surface area contributed by atoms with E-state index >= 15 is 0 Å². The van der Waals surface area contributed by atoms with Gasteiger partial charge in [0.15, 0.2) is 0 Å². The Morgan fingerprint density at radius 2 is 2.19 bits per heavy atom. The van der Waals surface area contributed by atoms with E-state index in [1.165, 1.54) is 0 Å². The van der Waals surface area contributed by atoms with Crippen LogP contribution in [0.15, 0.2) is 30.4 Å². The zero-order valence-corrected chi connectivity index (χ0v) is 10.2. The molecule has 1 aliphatic rings. The third-order valence-electron chi connectivity index (χ3n) is 2.90. The number of halogens is 1. The molecule has 1 aromatic carbocycles. The second kappa shape index (κ2) is 4.89. The Kier molecular flexibility index (Phi) is 3.52. The molecule has 0 aromatic heterocycles. The lowest BCUT2D eigenvalue weighted by atomic mass is 10.1. The van der Waals surface area contributed by atoms with Gasteiger partial charge in [-0.05, 0) is 31.0 Å². The van der Waals surface area contributed by atoms with Crippen molar-refractivity contribution in [1.29, 1.82) is 0 Å². The molecule has 1 atom stereocenters. The smallest absolute Gasteiger partial charge is 0.0643 e. The zero-order valence-electron chi connectivity index (χ0n) is 9.49. The summed E-state index contributed by atoms with van der Waals surface area (Å²) >= 11 is 6.29. The predicted molar refractivity (Wildman–Crippen MR) is 70.0 cm³/mol. The molecule has 0 bridgehead atoms. The summed E-state index contributed by atoms with van der Waals surface area (Å²) in [6, 6.07) is 6.14. The summed E-state index contributed by atoms with van der Waals surface area (Å²) in [5, 5.41) is 0.796. The highest BCUT2D eigenvalue weighted by Gasteiger charge is 2.12. The van der Waals surface area contributed by atoms with E-state index in [1.54, 1.807) is 0 Å². The molecule has 0 radical (unpaired) electrons. The second-order valence-electron chi connectivity index (χ2n) is 4.21. The quantitative estimate of drug-likeness (QED) is 0.800. The maximum atomic E-state index is 6.29. The Balaban J connectivity index is 2.25. The highest BCUT2D eigenvalue weighted by molar-refractivity contribution is 6.33. The van der Waals surface area contributed by atoms with Crippen molar-refractivity contribution in [2.24, 2.45) is 5.73 Å². The normalized spacial score (nSPS) is 17.6. The minimum Gasteiger partial charge on any atom is -0.366 e. The van der Waals surface area contributed by atoms with Gasteiger partial charge in [-0.2, -0.15) is 0 Å². The monoisotopic (exact) mass is 236 g/mol. The van der Waals surface area contributed by atoms with Gasteiger partial charge < -0.3 is 10.6 Å². The molecule has 0 unspecified atom stereocenters. The molecular formula is C13H17ClN2. The third-order valence-corrected chi connectivity index (χ3v) is 3.20. The van der Waals surface area contributed by atoms with Crippen molar-refractivity contribution < 1.29 is 0 Å². The van der Waals surface area contributed by atoms with Gasteiger partial charge in [0, 0.05) is 19.1 Å². The van der Waals surface area contributed by atoms with E-state index in [2.05, 4.69) is 29.2 Å². The average Bonchev–Trinajstić information content (AvgIpc) is 2.30. The van der Waals surface area contributed by atoms with E-state index in [1.807, 2.05) is 13.0 Å². The first-order chi connectivity index (χ1) is 7.68. The standard InChI is InChI=1S/C13H17ClN2/c1-10(15)11-5-6-13(12(14)9-11)16-7-3-2-4-8-16/h2-3,5-6,9-10H,4,7-8,15H2,1H3/t10-/m1/s1. The van der Waals surface area contributed by atoms with Gasteiger partial charge in [0.2, 0.25) is 0 Å². The summed E-state index contributed by atoms with van der Waals surface area (Å²) in [5.41, 5.74) is 8.02. The van der Waals surface area contributed by atoms with Crippen LogP contribution in [0.1, 0.15) is 24.9 Å². The molecule has 1 heterocycles. The molecule has 0 spiro atoms. The van der Waals surface area contributed by atoms with E-state index in [0.29, 0.717) is 0 Å². The number of hydrogen-bond acceptors (Lipinski definition) is 2. The summed E-state index contributed by atoms with van der Waals surface area (Å²) in [6.45, 7) is 3.94. The zero-order chi connectivity index (χ0) is 11.5. The van der Waals surface area contributed by atoms with Crippen LogP contribution in [0, 0.1) is 0 Å². The Bertz CT molecular complexity index is 399. The number of nitrogens with two attached hydrogens (primary N) is 1. The van der Waals surface area contributed by atoms with Crippen molar-refractivity contribution in [2.45, 2.75) is 19.4 Å². The topological polar surface area (TPSA) is 29.3 Å². The van der Waals surface area contributed by atoms with Crippen molar-refractivity contribution in [3.05, 3.63) is 40.9 Å². The van der Waals surface area contributed by atoms with Crippen LogP contribution in [0.4, 0.5) is 5.69 Å². The van der Waals surface area contributed by atoms with Crippen molar-refractivity contribution in [1.82, 2.24) is 0 Å². The predicted octanol–water partition coefficient (Wildman–Crippen LogP) is 3.13. The largest absolute Gasteiger partial charge is 0.366 e. The van der Waals surface area contributed by atoms with Gasteiger partial charge in [0.25, 0.3) is 0 Å². The van der Waals surface area contributed by atoms with Gasteiger partial charge >= 0.3 is 0 Å². The lowest BCUT2D eigenvalue weighted by Gasteiger charge is -2.27. The molecular weight excluding hydrogens is 220 g/mol. The van der Waals surface area contributed by atoms with E-state index in [0.717, 1.165) is 35.8 Å². The molecule has 2 rings (SSSR count). The minimum absolute atomic E-state index is 0.0350. The van der Waals surface area contributed by atoms with Crippen LogP contribution in [-0.4, -0.2) is 13.1 Å². The lowest BCUT2D eigenvalue weighted by Crippen LogP contribution is -2.27. The Morgan fingerprint density at radius 1 is 1.38 bits per heavy atom. The molecule has 1 aliphatic heterocycles. The molecule has 0 aliphatic carbocycles. The van der Waals surface area contributed by atoms with Crippen molar-refractivity contribution in [3.63, 3.8) is 0 Å². The molecule has 86 valence electrons. The molecule has 0 saturated carbocycles. The number of hydrogen-bond donors (Lipinski definition) is 1. The van der Waals surface area contributed by atoms with Gasteiger partial charge in [-0.3, -0.25) is 0 Å². The molecule has 1 aromatic rings. The fraction of sp³-hybridized carbons (Fsp3) is 0.385. The summed E-state index contributed by atoms with van der Waals surface area (Å²) < 4.78 is 0. The van der Waals surface area contributed by atoms with Crippen LogP contribution in [0.3, 0.4) is 0 Å². The van der Waals surface area contributed by atoms with Crippen LogP contribution < -0.4 is 10.6 Å². The fourth-order valence-electron chi connectivity index (χ4n) is 1.92. The van der Waals surface area contributed by atoms with Gasteiger partial charge in [0.05, 0.1) is 10.7 Å². The lowest BCUT2D eigenvalue weighted by molar-refractivity contribution is 0.807. The summed E-state index contributed by atoms with van der Waals surface area (Å²) in [5.74, 6) is 0. The van der Waals surface area contributed by atoms with E-state index in [4.69, 9.17) is 17.3 Å². The first-order valence-electron chi connectivity index (χ1n) is 5.63. The molecule has 2 N–H and O–H groups in total.